The van der Waals surface area contributed by atoms with Gasteiger partial charge in [0.15, 0.2) is 5.69 Å². The van der Waals surface area contributed by atoms with Crippen molar-refractivity contribution in [1.29, 1.82) is 0 Å². The molecule has 0 amide bonds. The van der Waals surface area contributed by atoms with Crippen molar-refractivity contribution in [2.45, 2.75) is 6.54 Å². The molecule has 0 atom stereocenters. The number of rotatable bonds is 3. The molecule has 0 spiro atoms. The van der Waals surface area contributed by atoms with Crippen molar-refractivity contribution >= 4 is 44.1 Å². The highest BCUT2D eigenvalue weighted by molar-refractivity contribution is 9.10. The molecule has 0 saturated heterocycles. The van der Waals surface area contributed by atoms with Gasteiger partial charge in [-0.2, -0.15) is 0 Å². The number of hydrogen-bond donors (Lipinski definition) is 1. The van der Waals surface area contributed by atoms with Gasteiger partial charge in [-0.05, 0) is 35.0 Å². The SMILES string of the molecule is O=Nc1c(O)n(Cc2ccccc2Cl)c2ccc(Br)cc12. The fourth-order valence-electron chi connectivity index (χ4n) is 2.34. The zero-order valence-electron chi connectivity index (χ0n) is 10.8. The van der Waals surface area contributed by atoms with E-state index < -0.39 is 0 Å². The molecule has 1 N–H and O–H groups in total. The average Bonchev–Trinajstić information content (AvgIpc) is 2.73. The molecule has 3 aromatic rings. The smallest absolute Gasteiger partial charge is 0.222 e. The van der Waals surface area contributed by atoms with E-state index in [0.29, 0.717) is 17.0 Å². The van der Waals surface area contributed by atoms with Crippen LogP contribution in [0.25, 0.3) is 10.9 Å². The number of aromatic nitrogens is 1. The molecule has 0 aliphatic heterocycles. The lowest BCUT2D eigenvalue weighted by atomic mass is 10.2. The first kappa shape index (κ1) is 14.1. The van der Waals surface area contributed by atoms with Crippen LogP contribution in [0.3, 0.4) is 0 Å². The van der Waals surface area contributed by atoms with Gasteiger partial charge in [-0.1, -0.05) is 45.7 Å². The first-order chi connectivity index (χ1) is 10.1. The second kappa shape index (κ2) is 5.50. The molecule has 0 aliphatic carbocycles. The van der Waals surface area contributed by atoms with E-state index in [2.05, 4.69) is 21.1 Å². The van der Waals surface area contributed by atoms with Gasteiger partial charge in [0, 0.05) is 14.9 Å². The molecule has 0 saturated carbocycles. The molecule has 2 aromatic carbocycles. The lowest BCUT2D eigenvalue weighted by Crippen LogP contribution is -1.99. The van der Waals surface area contributed by atoms with Crippen LogP contribution < -0.4 is 0 Å². The van der Waals surface area contributed by atoms with Gasteiger partial charge in [0.2, 0.25) is 5.88 Å². The van der Waals surface area contributed by atoms with Gasteiger partial charge in [0.1, 0.15) is 0 Å². The first-order valence-corrected chi connectivity index (χ1v) is 7.36. The van der Waals surface area contributed by atoms with Gasteiger partial charge >= 0.3 is 0 Å². The summed E-state index contributed by atoms with van der Waals surface area (Å²) in [4.78, 5) is 11.0. The fourth-order valence-corrected chi connectivity index (χ4v) is 2.90. The Kier molecular flexibility index (Phi) is 3.69. The lowest BCUT2D eigenvalue weighted by Gasteiger charge is -2.08. The third-order valence-corrected chi connectivity index (χ3v) is 4.21. The Bertz CT molecular complexity index is 845. The van der Waals surface area contributed by atoms with Gasteiger partial charge < -0.3 is 9.67 Å². The van der Waals surface area contributed by atoms with E-state index in [4.69, 9.17) is 11.6 Å². The number of hydrogen-bond acceptors (Lipinski definition) is 3. The quantitative estimate of drug-likeness (QED) is 0.648. The number of nitrogens with zero attached hydrogens (tertiary/aromatic N) is 2. The summed E-state index contributed by atoms with van der Waals surface area (Å²) >= 11 is 9.51. The van der Waals surface area contributed by atoms with E-state index in [1.165, 1.54) is 0 Å². The summed E-state index contributed by atoms with van der Waals surface area (Å²) < 4.78 is 2.44. The van der Waals surface area contributed by atoms with Crippen LogP contribution in [0.5, 0.6) is 5.88 Å². The van der Waals surface area contributed by atoms with E-state index in [1.54, 1.807) is 16.7 Å². The highest BCUT2D eigenvalue weighted by Gasteiger charge is 2.18. The number of aromatic hydroxyl groups is 1. The minimum atomic E-state index is -0.155. The summed E-state index contributed by atoms with van der Waals surface area (Å²) in [7, 11) is 0. The largest absolute Gasteiger partial charge is 0.493 e. The Morgan fingerprint density at radius 3 is 2.71 bits per heavy atom. The molecular formula is C15H10BrClN2O2. The Hall–Kier alpha value is -1.85. The van der Waals surface area contributed by atoms with E-state index >= 15 is 0 Å². The standard InChI is InChI=1S/C15H10BrClN2O2/c16-10-5-6-13-11(7-10)14(18-21)15(20)19(13)8-9-3-1-2-4-12(9)17/h1-7,20H,8H2. The molecule has 1 heterocycles. The van der Waals surface area contributed by atoms with Gasteiger partial charge in [-0.25, -0.2) is 0 Å². The number of benzene rings is 2. The minimum Gasteiger partial charge on any atom is -0.493 e. The molecule has 0 radical (unpaired) electrons. The average molecular weight is 366 g/mol. The van der Waals surface area contributed by atoms with Crippen LogP contribution in [0.4, 0.5) is 5.69 Å². The van der Waals surface area contributed by atoms with Crippen molar-refractivity contribution in [3.05, 3.63) is 62.4 Å². The molecule has 6 heteroatoms. The Balaban J connectivity index is 2.21. The van der Waals surface area contributed by atoms with Crippen LogP contribution in [0.2, 0.25) is 5.02 Å². The zero-order valence-corrected chi connectivity index (χ0v) is 13.1. The molecule has 0 fully saturated rings. The molecule has 4 nitrogen and oxygen atoms in total. The van der Waals surface area contributed by atoms with E-state index in [9.17, 15) is 10.0 Å². The Morgan fingerprint density at radius 1 is 1.24 bits per heavy atom. The Morgan fingerprint density at radius 2 is 2.00 bits per heavy atom. The van der Waals surface area contributed by atoms with Crippen molar-refractivity contribution < 1.29 is 5.11 Å². The molecule has 21 heavy (non-hydrogen) atoms. The van der Waals surface area contributed by atoms with Crippen molar-refractivity contribution in [1.82, 2.24) is 4.57 Å². The van der Waals surface area contributed by atoms with Gasteiger partial charge in [0.05, 0.1) is 12.1 Å². The number of fused-ring (bicyclic) bond motifs is 1. The zero-order chi connectivity index (χ0) is 15.0. The summed E-state index contributed by atoms with van der Waals surface area (Å²) in [6.45, 7) is 0.360. The maximum atomic E-state index is 11.0. The summed E-state index contributed by atoms with van der Waals surface area (Å²) in [6.07, 6.45) is 0. The van der Waals surface area contributed by atoms with E-state index in [0.717, 1.165) is 15.6 Å². The first-order valence-electron chi connectivity index (χ1n) is 6.19. The maximum absolute atomic E-state index is 11.0. The molecular weight excluding hydrogens is 356 g/mol. The van der Waals surface area contributed by atoms with Crippen LogP contribution in [0.15, 0.2) is 52.1 Å². The minimum absolute atomic E-state index is 0.0401. The van der Waals surface area contributed by atoms with E-state index in [-0.39, 0.29) is 11.6 Å². The van der Waals surface area contributed by atoms with Gasteiger partial charge in [0.25, 0.3) is 0 Å². The van der Waals surface area contributed by atoms with Gasteiger partial charge in [-0.3, -0.25) is 0 Å². The third-order valence-electron chi connectivity index (χ3n) is 3.35. The predicted octanol–water partition coefficient (Wildman–Crippen LogP) is 5.21. The van der Waals surface area contributed by atoms with Crippen LogP contribution in [-0.2, 0) is 6.54 Å². The highest BCUT2D eigenvalue weighted by Crippen LogP contribution is 2.40. The Labute approximate surface area is 134 Å². The molecule has 1 aromatic heterocycles. The molecule has 106 valence electrons. The lowest BCUT2D eigenvalue weighted by molar-refractivity contribution is 0.430. The summed E-state index contributed by atoms with van der Waals surface area (Å²) in [5.74, 6) is -0.155. The molecule has 0 aliphatic rings. The fraction of sp³-hybridized carbons (Fsp3) is 0.0667. The van der Waals surface area contributed by atoms with Crippen LogP contribution >= 0.6 is 27.5 Å². The summed E-state index contributed by atoms with van der Waals surface area (Å²) in [5.41, 5.74) is 1.62. The van der Waals surface area contributed by atoms with Crippen molar-refractivity contribution in [2.24, 2.45) is 5.18 Å². The monoisotopic (exact) mass is 364 g/mol. The highest BCUT2D eigenvalue weighted by atomic mass is 79.9. The maximum Gasteiger partial charge on any atom is 0.222 e. The van der Waals surface area contributed by atoms with Crippen molar-refractivity contribution in [3.8, 4) is 5.88 Å². The molecule has 0 bridgehead atoms. The van der Waals surface area contributed by atoms with Gasteiger partial charge in [-0.15, -0.1) is 4.91 Å². The van der Waals surface area contributed by atoms with Crippen LogP contribution in [0.1, 0.15) is 5.56 Å². The third kappa shape index (κ3) is 2.43. The van der Waals surface area contributed by atoms with Crippen molar-refractivity contribution in [2.75, 3.05) is 0 Å². The van der Waals surface area contributed by atoms with Crippen LogP contribution in [0, 0.1) is 4.91 Å². The van der Waals surface area contributed by atoms with E-state index in [1.807, 2.05) is 30.3 Å². The van der Waals surface area contributed by atoms with Crippen LogP contribution in [-0.4, -0.2) is 9.67 Å². The second-order valence-electron chi connectivity index (χ2n) is 4.60. The second-order valence-corrected chi connectivity index (χ2v) is 5.93. The summed E-state index contributed by atoms with van der Waals surface area (Å²) in [5, 5.41) is 14.4. The number of halogens is 2. The summed E-state index contributed by atoms with van der Waals surface area (Å²) in [6, 6.07) is 12.8. The normalized spacial score (nSPS) is 11.0. The topological polar surface area (TPSA) is 54.6 Å². The number of nitroso groups, excluding NO2 is 1. The van der Waals surface area contributed by atoms with Crippen molar-refractivity contribution in [3.63, 3.8) is 0 Å². The predicted molar refractivity (Wildman–Crippen MR) is 87.3 cm³/mol. The molecule has 0 unspecified atom stereocenters. The molecule has 3 rings (SSSR count).